The Morgan fingerprint density at radius 1 is 1.32 bits per heavy atom. The summed E-state index contributed by atoms with van der Waals surface area (Å²) in [6.07, 6.45) is 2.72. The fourth-order valence-corrected chi connectivity index (χ4v) is 4.49. The van der Waals surface area contributed by atoms with Crippen molar-refractivity contribution in [1.82, 2.24) is 5.32 Å². The first-order valence-corrected chi connectivity index (χ1v) is 8.14. The second-order valence-corrected chi connectivity index (χ2v) is 7.58. The van der Waals surface area contributed by atoms with E-state index in [0.29, 0.717) is 11.5 Å². The number of carbonyl (C=O) groups is 1. The maximum atomic E-state index is 14.1. The summed E-state index contributed by atoms with van der Waals surface area (Å²) in [4.78, 5) is 12.8. The van der Waals surface area contributed by atoms with Crippen molar-refractivity contribution in [2.75, 3.05) is 6.61 Å². The van der Waals surface area contributed by atoms with E-state index in [0.717, 1.165) is 25.9 Å². The van der Waals surface area contributed by atoms with Gasteiger partial charge in [-0.05, 0) is 25.3 Å². The molecule has 2 saturated carbocycles. The highest BCUT2D eigenvalue weighted by atomic mass is 19.1. The van der Waals surface area contributed by atoms with Crippen LogP contribution in [0.3, 0.4) is 0 Å². The van der Waals surface area contributed by atoms with E-state index < -0.39 is 5.41 Å². The molecular weight excluding hydrogens is 281 g/mol. The molecule has 3 aliphatic rings. The lowest BCUT2D eigenvalue weighted by Crippen LogP contribution is -2.67. The van der Waals surface area contributed by atoms with E-state index >= 15 is 0 Å². The minimum Gasteiger partial charge on any atom is -0.377 e. The summed E-state index contributed by atoms with van der Waals surface area (Å²) in [6.45, 7) is 5.07. The lowest BCUT2D eigenvalue weighted by molar-refractivity contribution is -0.139. The summed E-state index contributed by atoms with van der Waals surface area (Å²) in [6, 6.07) is 6.80. The largest absolute Gasteiger partial charge is 0.377 e. The lowest BCUT2D eigenvalue weighted by Gasteiger charge is -2.54. The van der Waals surface area contributed by atoms with E-state index in [2.05, 4.69) is 19.2 Å². The molecule has 1 amide bonds. The molecule has 22 heavy (non-hydrogen) atoms. The predicted molar refractivity (Wildman–Crippen MR) is 80.9 cm³/mol. The van der Waals surface area contributed by atoms with Gasteiger partial charge in [0.1, 0.15) is 5.82 Å². The molecule has 3 fully saturated rings. The molecule has 1 aromatic rings. The van der Waals surface area contributed by atoms with Crippen LogP contribution in [-0.2, 0) is 14.9 Å². The van der Waals surface area contributed by atoms with Gasteiger partial charge in [0.2, 0.25) is 5.91 Å². The number of rotatable bonds is 3. The van der Waals surface area contributed by atoms with Gasteiger partial charge in [0, 0.05) is 29.5 Å². The summed E-state index contributed by atoms with van der Waals surface area (Å²) in [5, 5.41) is 3.22. The first kappa shape index (κ1) is 14.2. The zero-order valence-electron chi connectivity index (χ0n) is 13.1. The molecule has 1 N–H and O–H groups in total. The highest BCUT2D eigenvalue weighted by Gasteiger charge is 2.62. The molecule has 4 heteroatoms. The van der Waals surface area contributed by atoms with Crippen molar-refractivity contribution in [3.8, 4) is 0 Å². The van der Waals surface area contributed by atoms with Crippen LogP contribution >= 0.6 is 0 Å². The minimum atomic E-state index is -0.647. The van der Waals surface area contributed by atoms with Crippen molar-refractivity contribution in [2.24, 2.45) is 11.3 Å². The van der Waals surface area contributed by atoms with Crippen LogP contribution in [0.15, 0.2) is 24.3 Å². The average molecular weight is 303 g/mol. The van der Waals surface area contributed by atoms with Gasteiger partial charge in [-0.3, -0.25) is 4.79 Å². The van der Waals surface area contributed by atoms with Gasteiger partial charge in [-0.25, -0.2) is 4.39 Å². The third-order valence-electron chi connectivity index (χ3n) is 5.96. The van der Waals surface area contributed by atoms with Gasteiger partial charge >= 0.3 is 0 Å². The Morgan fingerprint density at radius 2 is 2.05 bits per heavy atom. The van der Waals surface area contributed by atoms with Crippen LogP contribution in [0.25, 0.3) is 0 Å². The van der Waals surface area contributed by atoms with Gasteiger partial charge in [0.05, 0.1) is 11.5 Å². The molecule has 1 heterocycles. The average Bonchev–Trinajstić information content (AvgIpc) is 3.16. The number of halogens is 1. The van der Waals surface area contributed by atoms with Crippen LogP contribution in [0.5, 0.6) is 0 Å². The Balaban J connectivity index is 1.55. The molecule has 0 spiro atoms. The molecule has 3 nitrogen and oxygen atoms in total. The normalized spacial score (nSPS) is 33.7. The van der Waals surface area contributed by atoms with Gasteiger partial charge in [-0.15, -0.1) is 0 Å². The highest BCUT2D eigenvalue weighted by Crippen LogP contribution is 2.54. The number of hydrogen-bond acceptors (Lipinski definition) is 2. The van der Waals surface area contributed by atoms with E-state index in [9.17, 15) is 9.18 Å². The van der Waals surface area contributed by atoms with Crippen molar-refractivity contribution < 1.29 is 13.9 Å². The van der Waals surface area contributed by atoms with Crippen LogP contribution in [0.2, 0.25) is 0 Å². The number of amides is 1. The maximum absolute atomic E-state index is 14.1. The van der Waals surface area contributed by atoms with Gasteiger partial charge in [-0.1, -0.05) is 32.0 Å². The Kier molecular flexibility index (Phi) is 2.93. The molecular formula is C18H22FNO2. The van der Waals surface area contributed by atoms with Crippen LogP contribution in [0.1, 0.15) is 38.7 Å². The van der Waals surface area contributed by atoms with E-state index in [1.54, 1.807) is 18.2 Å². The zero-order valence-corrected chi connectivity index (χ0v) is 13.1. The van der Waals surface area contributed by atoms with Crippen molar-refractivity contribution in [3.63, 3.8) is 0 Å². The Labute approximate surface area is 130 Å². The maximum Gasteiger partial charge on any atom is 0.231 e. The molecule has 4 rings (SSSR count). The third kappa shape index (κ3) is 1.79. The van der Waals surface area contributed by atoms with Crippen molar-refractivity contribution in [2.45, 2.75) is 50.7 Å². The Morgan fingerprint density at radius 3 is 2.73 bits per heavy atom. The van der Waals surface area contributed by atoms with Crippen LogP contribution in [0.4, 0.5) is 4.39 Å². The van der Waals surface area contributed by atoms with Crippen LogP contribution < -0.4 is 5.32 Å². The summed E-state index contributed by atoms with van der Waals surface area (Å²) in [5.74, 6) is 0.126. The molecule has 3 atom stereocenters. The smallest absolute Gasteiger partial charge is 0.231 e. The van der Waals surface area contributed by atoms with E-state index in [4.69, 9.17) is 4.74 Å². The molecule has 0 unspecified atom stereocenters. The van der Waals surface area contributed by atoms with Gasteiger partial charge in [0.25, 0.3) is 0 Å². The van der Waals surface area contributed by atoms with E-state index in [1.165, 1.54) is 6.07 Å². The zero-order chi connectivity index (χ0) is 15.5. The topological polar surface area (TPSA) is 38.3 Å². The van der Waals surface area contributed by atoms with E-state index in [-0.39, 0.29) is 29.3 Å². The summed E-state index contributed by atoms with van der Waals surface area (Å²) in [5.41, 5.74) is -0.141. The number of carbonyl (C=O) groups excluding carboxylic acids is 1. The number of fused-ring (bicyclic) bond motifs is 1. The summed E-state index contributed by atoms with van der Waals surface area (Å²) >= 11 is 0. The Hall–Kier alpha value is -1.42. The van der Waals surface area contributed by atoms with Crippen molar-refractivity contribution in [3.05, 3.63) is 35.6 Å². The molecule has 0 bridgehead atoms. The van der Waals surface area contributed by atoms with Crippen LogP contribution in [-0.4, -0.2) is 24.7 Å². The fourth-order valence-electron chi connectivity index (χ4n) is 4.49. The number of nitrogens with one attached hydrogen (secondary N) is 1. The Bertz CT molecular complexity index is 623. The molecule has 0 aromatic heterocycles. The summed E-state index contributed by atoms with van der Waals surface area (Å²) < 4.78 is 19.9. The van der Waals surface area contributed by atoms with E-state index in [1.807, 2.05) is 0 Å². The number of hydrogen-bond donors (Lipinski definition) is 1. The quantitative estimate of drug-likeness (QED) is 0.932. The number of ether oxygens (including phenoxy) is 1. The molecule has 2 aliphatic carbocycles. The molecule has 1 saturated heterocycles. The standard InChI is InChI=1S/C18H22FNO2/c1-17(2)14(11-7-10-22-15(11)17)20-16(21)18(8-9-18)12-5-3-4-6-13(12)19/h3-6,11,14-15H,7-10H2,1-2H3,(H,20,21)/t11-,14+,15-/m0/s1. The second-order valence-electron chi connectivity index (χ2n) is 7.58. The minimum absolute atomic E-state index is 0.0129. The first-order valence-electron chi connectivity index (χ1n) is 8.14. The molecule has 1 aliphatic heterocycles. The third-order valence-corrected chi connectivity index (χ3v) is 5.96. The monoisotopic (exact) mass is 303 g/mol. The molecule has 0 radical (unpaired) electrons. The van der Waals surface area contributed by atoms with Gasteiger partial charge in [0.15, 0.2) is 0 Å². The second kappa shape index (κ2) is 4.54. The van der Waals surface area contributed by atoms with Gasteiger partial charge < -0.3 is 10.1 Å². The van der Waals surface area contributed by atoms with Crippen molar-refractivity contribution in [1.29, 1.82) is 0 Å². The SMILES string of the molecule is CC1(C)[C@H](NC(=O)C2(c3ccccc3F)CC2)[C@@H]2CCO[C@@H]21. The first-order chi connectivity index (χ1) is 10.5. The lowest BCUT2D eigenvalue weighted by atomic mass is 9.57. The van der Waals surface area contributed by atoms with Gasteiger partial charge in [-0.2, -0.15) is 0 Å². The summed E-state index contributed by atoms with van der Waals surface area (Å²) in [7, 11) is 0. The predicted octanol–water partition coefficient (Wildman–Crippen LogP) is 2.79. The molecule has 1 aromatic carbocycles. The molecule has 118 valence electrons. The van der Waals surface area contributed by atoms with Crippen LogP contribution in [0, 0.1) is 17.2 Å². The number of benzene rings is 1. The fraction of sp³-hybridized carbons (Fsp3) is 0.611. The van der Waals surface area contributed by atoms with Crippen molar-refractivity contribution >= 4 is 5.91 Å². The highest BCUT2D eigenvalue weighted by molar-refractivity contribution is 5.91.